The minimum atomic E-state index is -0.562. The first-order chi connectivity index (χ1) is 8.58. The van der Waals surface area contributed by atoms with Crippen molar-refractivity contribution in [1.29, 1.82) is 0 Å². The molecule has 1 heterocycles. The Hall–Kier alpha value is -1.06. The van der Waals surface area contributed by atoms with E-state index in [4.69, 9.17) is 21.1 Å². The second kappa shape index (κ2) is 5.29. The molecule has 1 aromatic carbocycles. The van der Waals surface area contributed by atoms with E-state index in [0.29, 0.717) is 11.6 Å². The summed E-state index contributed by atoms with van der Waals surface area (Å²) >= 11 is 5.83. The van der Waals surface area contributed by atoms with Crippen molar-refractivity contribution < 1.29 is 14.3 Å². The average Bonchev–Trinajstić information content (AvgIpc) is 3.04. The number of hydrogen-bond donors (Lipinski definition) is 0. The van der Waals surface area contributed by atoms with Gasteiger partial charge in [-0.05, 0) is 31.0 Å². The lowest BCUT2D eigenvalue weighted by Crippen LogP contribution is -2.19. The van der Waals surface area contributed by atoms with Crippen molar-refractivity contribution >= 4 is 17.6 Å². The van der Waals surface area contributed by atoms with Gasteiger partial charge in [0.25, 0.3) is 0 Å². The Labute approximate surface area is 112 Å². The van der Waals surface area contributed by atoms with Crippen molar-refractivity contribution in [3.63, 3.8) is 0 Å². The van der Waals surface area contributed by atoms with Crippen LogP contribution in [0.2, 0.25) is 5.02 Å². The molecule has 0 spiro atoms. The Kier molecular flexibility index (Phi) is 3.93. The number of unbranched alkanes of at least 4 members (excludes halogenated alkanes) is 1. The smallest absolute Gasteiger partial charge is 0.338 e. The van der Waals surface area contributed by atoms with Crippen LogP contribution >= 0.6 is 11.6 Å². The highest BCUT2D eigenvalue weighted by Gasteiger charge is 2.59. The second-order valence-electron chi connectivity index (χ2n) is 4.63. The topological polar surface area (TPSA) is 38.8 Å². The lowest BCUT2D eigenvalue weighted by molar-refractivity contribution is -0.145. The van der Waals surface area contributed by atoms with E-state index in [1.807, 2.05) is 19.1 Å². The van der Waals surface area contributed by atoms with Gasteiger partial charge in [0.2, 0.25) is 0 Å². The van der Waals surface area contributed by atoms with E-state index >= 15 is 0 Å². The number of esters is 1. The molecule has 2 rings (SSSR count). The molecular formula is C14H17ClO3. The molecule has 0 bridgehead atoms. The van der Waals surface area contributed by atoms with Gasteiger partial charge in [-0.3, -0.25) is 0 Å². The minimum absolute atomic E-state index is 0.277. The summed E-state index contributed by atoms with van der Waals surface area (Å²) in [5.41, 5.74) is 0.387. The second-order valence-corrected chi connectivity index (χ2v) is 5.07. The van der Waals surface area contributed by atoms with Crippen molar-refractivity contribution in [2.24, 2.45) is 0 Å². The summed E-state index contributed by atoms with van der Waals surface area (Å²) in [6.45, 7) is 4.41. The molecule has 0 radical (unpaired) electrons. The first kappa shape index (κ1) is 13.4. The molecule has 0 unspecified atom stereocenters. The number of halogens is 1. The number of hydrogen-bond acceptors (Lipinski definition) is 3. The number of carbonyl (C=O) groups excluding carboxylic acids is 1. The van der Waals surface area contributed by atoms with Crippen LogP contribution in [0.15, 0.2) is 24.3 Å². The average molecular weight is 269 g/mol. The van der Waals surface area contributed by atoms with Crippen LogP contribution in [0.1, 0.15) is 32.3 Å². The Bertz CT molecular complexity index is 429. The summed E-state index contributed by atoms with van der Waals surface area (Å²) in [5.74, 6) is -0.277. The number of carbonyl (C=O) groups is 1. The lowest BCUT2D eigenvalue weighted by atomic mass is 9.97. The maximum atomic E-state index is 11.8. The third kappa shape index (κ3) is 2.68. The predicted molar refractivity (Wildman–Crippen MR) is 69.5 cm³/mol. The van der Waals surface area contributed by atoms with Gasteiger partial charge in [-0.25, -0.2) is 4.79 Å². The Morgan fingerprint density at radius 2 is 2.11 bits per heavy atom. The van der Waals surface area contributed by atoms with Gasteiger partial charge in [0.1, 0.15) is 5.60 Å². The number of epoxide rings is 1. The molecule has 0 amide bonds. The van der Waals surface area contributed by atoms with E-state index in [2.05, 4.69) is 6.92 Å². The van der Waals surface area contributed by atoms with Crippen molar-refractivity contribution in [3.8, 4) is 0 Å². The first-order valence-corrected chi connectivity index (χ1v) is 6.56. The summed E-state index contributed by atoms with van der Waals surface area (Å²) in [7, 11) is 0. The fourth-order valence-electron chi connectivity index (χ4n) is 1.88. The zero-order valence-electron chi connectivity index (χ0n) is 10.6. The molecule has 0 aromatic heterocycles. The summed E-state index contributed by atoms with van der Waals surface area (Å²) in [6, 6.07) is 7.34. The molecule has 0 N–H and O–H groups in total. The molecule has 18 heavy (non-hydrogen) atoms. The summed E-state index contributed by atoms with van der Waals surface area (Å²) in [4.78, 5) is 11.8. The Balaban J connectivity index is 1.95. The van der Waals surface area contributed by atoms with Gasteiger partial charge in [0, 0.05) is 5.02 Å². The maximum Gasteiger partial charge on any atom is 0.338 e. The number of ether oxygens (including phenoxy) is 2. The molecule has 2 atom stereocenters. The van der Waals surface area contributed by atoms with Crippen LogP contribution in [0, 0.1) is 0 Å². The third-order valence-corrected chi connectivity index (χ3v) is 3.43. The standard InChI is InChI=1S/C14H17ClO3/c1-3-4-9-17-13(16)12-14(2,18-12)10-5-7-11(15)8-6-10/h5-8,12H,3-4,9H2,1-2H3/t12-,14+/m1/s1. The van der Waals surface area contributed by atoms with E-state index in [1.165, 1.54) is 0 Å². The molecule has 1 aromatic rings. The fourth-order valence-corrected chi connectivity index (χ4v) is 2.00. The van der Waals surface area contributed by atoms with E-state index in [-0.39, 0.29) is 5.97 Å². The zero-order chi connectivity index (χ0) is 13.2. The van der Waals surface area contributed by atoms with Gasteiger partial charge in [0.15, 0.2) is 6.10 Å². The van der Waals surface area contributed by atoms with Crippen LogP contribution in [0.4, 0.5) is 0 Å². The Morgan fingerprint density at radius 1 is 1.44 bits per heavy atom. The van der Waals surface area contributed by atoms with E-state index < -0.39 is 11.7 Å². The van der Waals surface area contributed by atoms with Gasteiger partial charge in [0.05, 0.1) is 6.61 Å². The highest BCUT2D eigenvalue weighted by Crippen LogP contribution is 2.46. The van der Waals surface area contributed by atoms with E-state index in [0.717, 1.165) is 18.4 Å². The zero-order valence-corrected chi connectivity index (χ0v) is 11.4. The van der Waals surface area contributed by atoms with Crippen LogP contribution in [0.3, 0.4) is 0 Å². The lowest BCUT2D eigenvalue weighted by Gasteiger charge is -2.07. The van der Waals surface area contributed by atoms with E-state index in [9.17, 15) is 4.79 Å². The van der Waals surface area contributed by atoms with Gasteiger partial charge >= 0.3 is 5.97 Å². The highest BCUT2D eigenvalue weighted by atomic mass is 35.5. The van der Waals surface area contributed by atoms with Crippen LogP contribution in [0.5, 0.6) is 0 Å². The quantitative estimate of drug-likeness (QED) is 0.467. The maximum absolute atomic E-state index is 11.8. The first-order valence-electron chi connectivity index (χ1n) is 6.18. The molecule has 1 aliphatic heterocycles. The van der Waals surface area contributed by atoms with Crippen LogP contribution in [0.25, 0.3) is 0 Å². The molecule has 3 nitrogen and oxygen atoms in total. The molecule has 1 aliphatic rings. The molecular weight excluding hydrogens is 252 g/mol. The van der Waals surface area contributed by atoms with Crippen molar-refractivity contribution in [1.82, 2.24) is 0 Å². The Morgan fingerprint density at radius 3 is 2.72 bits per heavy atom. The molecule has 0 saturated carbocycles. The summed E-state index contributed by atoms with van der Waals surface area (Å²) in [6.07, 6.45) is 1.40. The van der Waals surface area contributed by atoms with Gasteiger partial charge in [-0.15, -0.1) is 0 Å². The van der Waals surface area contributed by atoms with Crippen molar-refractivity contribution in [3.05, 3.63) is 34.9 Å². The van der Waals surface area contributed by atoms with Crippen molar-refractivity contribution in [2.75, 3.05) is 6.61 Å². The predicted octanol–water partition coefficient (Wildman–Crippen LogP) is 3.30. The molecule has 4 heteroatoms. The van der Waals surface area contributed by atoms with Gasteiger partial charge in [-0.2, -0.15) is 0 Å². The molecule has 98 valence electrons. The highest BCUT2D eigenvalue weighted by molar-refractivity contribution is 6.30. The van der Waals surface area contributed by atoms with Gasteiger partial charge in [-0.1, -0.05) is 37.1 Å². The largest absolute Gasteiger partial charge is 0.464 e. The fraction of sp³-hybridized carbons (Fsp3) is 0.500. The molecule has 1 fully saturated rings. The monoisotopic (exact) mass is 268 g/mol. The normalized spacial score (nSPS) is 25.8. The molecule has 0 aliphatic carbocycles. The summed E-state index contributed by atoms with van der Waals surface area (Å²) < 4.78 is 10.7. The van der Waals surface area contributed by atoms with Gasteiger partial charge < -0.3 is 9.47 Å². The van der Waals surface area contributed by atoms with Crippen molar-refractivity contribution in [2.45, 2.75) is 38.4 Å². The third-order valence-electron chi connectivity index (χ3n) is 3.18. The summed E-state index contributed by atoms with van der Waals surface area (Å²) in [5, 5.41) is 0.671. The van der Waals surface area contributed by atoms with E-state index in [1.54, 1.807) is 12.1 Å². The van der Waals surface area contributed by atoms with Crippen LogP contribution in [-0.2, 0) is 19.9 Å². The SMILES string of the molecule is CCCCOC(=O)[C@H]1O[C@@]1(C)c1ccc(Cl)cc1. The van der Waals surface area contributed by atoms with Crippen LogP contribution < -0.4 is 0 Å². The number of rotatable bonds is 5. The van der Waals surface area contributed by atoms with Crippen LogP contribution in [-0.4, -0.2) is 18.7 Å². The minimum Gasteiger partial charge on any atom is -0.464 e. The number of benzene rings is 1. The molecule has 1 saturated heterocycles.